The van der Waals surface area contributed by atoms with Gasteiger partial charge in [0.25, 0.3) is 5.91 Å². The largest absolute Gasteiger partial charge is 0.480 e. The predicted octanol–water partition coefficient (Wildman–Crippen LogP) is 0.997. The van der Waals surface area contributed by atoms with Gasteiger partial charge < -0.3 is 10.0 Å². The smallest absolute Gasteiger partial charge is 0.326 e. The van der Waals surface area contributed by atoms with Gasteiger partial charge in [-0.15, -0.1) is 0 Å². The normalized spacial score (nSPS) is 12.2. The van der Waals surface area contributed by atoms with Crippen LogP contribution in [0.3, 0.4) is 0 Å². The molecule has 1 unspecified atom stereocenters. The molecular weight excluding hydrogens is 216 g/mol. The molecule has 0 aromatic carbocycles. The first-order chi connectivity index (χ1) is 6.95. The van der Waals surface area contributed by atoms with Crippen LogP contribution < -0.4 is 0 Å². The minimum Gasteiger partial charge on any atom is -0.480 e. The number of hydrogen-bond donors (Lipinski definition) is 1. The molecule has 0 aliphatic heterocycles. The summed E-state index contributed by atoms with van der Waals surface area (Å²) in [5.74, 6) is -1.33. The summed E-state index contributed by atoms with van der Waals surface area (Å²) in [6.45, 7) is 3.19. The maximum Gasteiger partial charge on any atom is 0.326 e. The van der Waals surface area contributed by atoms with Gasteiger partial charge in [-0.2, -0.15) is 4.37 Å². The number of nitrogens with zero attached hydrogens (tertiary/aromatic N) is 2. The molecule has 82 valence electrons. The molecule has 1 aromatic rings. The molecule has 0 bridgehead atoms. The lowest BCUT2D eigenvalue weighted by Gasteiger charge is -2.20. The molecule has 1 N–H and O–H groups in total. The van der Waals surface area contributed by atoms with E-state index in [9.17, 15) is 9.59 Å². The third-order valence-electron chi connectivity index (χ3n) is 2.24. The SMILES string of the molecule is Cc1nscc1C(=O)N(C)C(C)C(=O)O. The molecule has 0 aliphatic rings. The van der Waals surface area contributed by atoms with Crippen molar-refractivity contribution in [2.75, 3.05) is 7.05 Å². The van der Waals surface area contributed by atoms with Crippen molar-refractivity contribution in [3.8, 4) is 0 Å². The van der Waals surface area contributed by atoms with Gasteiger partial charge >= 0.3 is 5.97 Å². The Kier molecular flexibility index (Phi) is 3.41. The minimum atomic E-state index is -1.02. The second kappa shape index (κ2) is 4.39. The molecule has 0 saturated heterocycles. The Morgan fingerprint density at radius 2 is 2.20 bits per heavy atom. The zero-order valence-corrected chi connectivity index (χ0v) is 9.54. The van der Waals surface area contributed by atoms with E-state index in [1.807, 2.05) is 0 Å². The van der Waals surface area contributed by atoms with E-state index in [-0.39, 0.29) is 5.91 Å². The predicted molar refractivity (Wildman–Crippen MR) is 56.0 cm³/mol. The number of carbonyl (C=O) groups is 2. The topological polar surface area (TPSA) is 70.5 Å². The van der Waals surface area contributed by atoms with Crippen molar-refractivity contribution >= 4 is 23.4 Å². The third-order valence-corrected chi connectivity index (χ3v) is 2.96. The first-order valence-electron chi connectivity index (χ1n) is 4.36. The van der Waals surface area contributed by atoms with E-state index in [0.29, 0.717) is 11.3 Å². The van der Waals surface area contributed by atoms with Crippen LogP contribution in [-0.4, -0.2) is 39.3 Å². The second-order valence-corrected chi connectivity index (χ2v) is 3.87. The molecule has 1 atom stereocenters. The lowest BCUT2D eigenvalue weighted by Crippen LogP contribution is -2.40. The summed E-state index contributed by atoms with van der Waals surface area (Å²) >= 11 is 1.19. The number of carbonyl (C=O) groups excluding carboxylic acids is 1. The van der Waals surface area contributed by atoms with Gasteiger partial charge in [0.05, 0.1) is 11.3 Å². The quantitative estimate of drug-likeness (QED) is 0.837. The van der Waals surface area contributed by atoms with E-state index >= 15 is 0 Å². The van der Waals surface area contributed by atoms with E-state index in [2.05, 4.69) is 4.37 Å². The average Bonchev–Trinajstić information content (AvgIpc) is 2.60. The highest BCUT2D eigenvalue weighted by Crippen LogP contribution is 2.13. The van der Waals surface area contributed by atoms with Gasteiger partial charge in [0, 0.05) is 12.4 Å². The molecule has 0 spiro atoms. The van der Waals surface area contributed by atoms with Crippen molar-refractivity contribution in [2.45, 2.75) is 19.9 Å². The zero-order chi connectivity index (χ0) is 11.6. The maximum absolute atomic E-state index is 11.8. The van der Waals surface area contributed by atoms with Crippen LogP contribution >= 0.6 is 11.5 Å². The van der Waals surface area contributed by atoms with Gasteiger partial charge in [0.2, 0.25) is 0 Å². The van der Waals surface area contributed by atoms with E-state index in [1.165, 1.54) is 30.4 Å². The zero-order valence-electron chi connectivity index (χ0n) is 8.72. The highest BCUT2D eigenvalue weighted by molar-refractivity contribution is 7.03. The summed E-state index contributed by atoms with van der Waals surface area (Å²) in [4.78, 5) is 23.7. The van der Waals surface area contributed by atoms with E-state index in [4.69, 9.17) is 5.11 Å². The molecule has 5 nitrogen and oxygen atoms in total. The van der Waals surface area contributed by atoms with Crippen LogP contribution in [0.2, 0.25) is 0 Å². The molecule has 1 aromatic heterocycles. The molecule has 1 heterocycles. The van der Waals surface area contributed by atoms with Crippen LogP contribution in [0.4, 0.5) is 0 Å². The van der Waals surface area contributed by atoms with Crippen LogP contribution in [0.5, 0.6) is 0 Å². The van der Waals surface area contributed by atoms with Crippen LogP contribution in [0, 0.1) is 6.92 Å². The molecular formula is C9H12N2O3S. The number of hydrogen-bond acceptors (Lipinski definition) is 4. The van der Waals surface area contributed by atoms with Crippen molar-refractivity contribution in [1.29, 1.82) is 0 Å². The van der Waals surface area contributed by atoms with Gasteiger partial charge in [0.1, 0.15) is 6.04 Å². The number of rotatable bonds is 3. The first-order valence-corrected chi connectivity index (χ1v) is 5.19. The fraction of sp³-hybridized carbons (Fsp3) is 0.444. The number of aliphatic carboxylic acids is 1. The lowest BCUT2D eigenvalue weighted by atomic mass is 10.2. The average molecular weight is 228 g/mol. The van der Waals surface area contributed by atoms with Crippen LogP contribution in [0.25, 0.3) is 0 Å². The Hall–Kier alpha value is -1.43. The monoisotopic (exact) mass is 228 g/mol. The molecule has 6 heteroatoms. The Morgan fingerprint density at radius 1 is 1.60 bits per heavy atom. The number of aryl methyl sites for hydroxylation is 1. The van der Waals surface area contributed by atoms with Crippen molar-refractivity contribution < 1.29 is 14.7 Å². The summed E-state index contributed by atoms with van der Waals surface area (Å²) < 4.78 is 3.97. The fourth-order valence-corrected chi connectivity index (χ4v) is 1.72. The van der Waals surface area contributed by atoms with Crippen molar-refractivity contribution in [1.82, 2.24) is 9.27 Å². The highest BCUT2D eigenvalue weighted by atomic mass is 32.1. The standard InChI is InChI=1S/C9H12N2O3S/c1-5-7(4-15-10-5)8(12)11(3)6(2)9(13)14/h4,6H,1-3H3,(H,13,14). The van der Waals surface area contributed by atoms with Crippen molar-refractivity contribution in [2.24, 2.45) is 0 Å². The van der Waals surface area contributed by atoms with Crippen LogP contribution in [-0.2, 0) is 4.79 Å². The summed E-state index contributed by atoms with van der Waals surface area (Å²) in [7, 11) is 1.47. The second-order valence-electron chi connectivity index (χ2n) is 3.24. The third kappa shape index (κ3) is 2.33. The lowest BCUT2D eigenvalue weighted by molar-refractivity contribution is -0.141. The van der Waals surface area contributed by atoms with E-state index in [1.54, 1.807) is 12.3 Å². The Labute approximate surface area is 91.5 Å². The van der Waals surface area contributed by atoms with Gasteiger partial charge in [0.15, 0.2) is 0 Å². The maximum atomic E-state index is 11.8. The fourth-order valence-electron chi connectivity index (χ4n) is 1.03. The van der Waals surface area contributed by atoms with Gasteiger partial charge in [-0.05, 0) is 25.4 Å². The molecule has 0 fully saturated rings. The first kappa shape index (κ1) is 11.6. The number of carboxylic acids is 1. The summed E-state index contributed by atoms with van der Waals surface area (Å²) in [6.07, 6.45) is 0. The summed E-state index contributed by atoms with van der Waals surface area (Å²) in [5.41, 5.74) is 1.10. The number of aromatic nitrogens is 1. The molecule has 0 saturated carbocycles. The summed E-state index contributed by atoms with van der Waals surface area (Å²) in [6, 6.07) is -0.836. The molecule has 1 amide bonds. The Balaban J connectivity index is 2.86. The van der Waals surface area contributed by atoms with E-state index in [0.717, 1.165) is 0 Å². The molecule has 0 aliphatic carbocycles. The van der Waals surface area contributed by atoms with Crippen molar-refractivity contribution in [3.63, 3.8) is 0 Å². The molecule has 1 rings (SSSR count). The van der Waals surface area contributed by atoms with Crippen LogP contribution in [0.1, 0.15) is 23.0 Å². The Morgan fingerprint density at radius 3 is 2.60 bits per heavy atom. The highest BCUT2D eigenvalue weighted by Gasteiger charge is 2.24. The summed E-state index contributed by atoms with van der Waals surface area (Å²) in [5, 5.41) is 10.4. The number of carboxylic acid groups (broad SMARTS) is 1. The number of likely N-dealkylation sites (N-methyl/N-ethyl adjacent to an activating group) is 1. The van der Waals surface area contributed by atoms with Gasteiger partial charge in [-0.25, -0.2) is 4.79 Å². The van der Waals surface area contributed by atoms with Crippen molar-refractivity contribution in [3.05, 3.63) is 16.6 Å². The number of amides is 1. The van der Waals surface area contributed by atoms with E-state index < -0.39 is 12.0 Å². The van der Waals surface area contributed by atoms with Crippen LogP contribution in [0.15, 0.2) is 5.38 Å². The molecule has 15 heavy (non-hydrogen) atoms. The van der Waals surface area contributed by atoms with Gasteiger partial charge in [-0.1, -0.05) is 0 Å². The Bertz CT molecular complexity index is 388. The minimum absolute atomic E-state index is 0.309. The van der Waals surface area contributed by atoms with Gasteiger partial charge in [-0.3, -0.25) is 4.79 Å². The molecule has 0 radical (unpaired) electrons.